The summed E-state index contributed by atoms with van der Waals surface area (Å²) in [5.74, 6) is -0.781. The van der Waals surface area contributed by atoms with Crippen molar-refractivity contribution < 1.29 is 27.5 Å². The van der Waals surface area contributed by atoms with Crippen LogP contribution < -0.4 is 0 Å². The lowest BCUT2D eigenvalue weighted by atomic mass is 10.1. The summed E-state index contributed by atoms with van der Waals surface area (Å²) < 4.78 is 36.6. The summed E-state index contributed by atoms with van der Waals surface area (Å²) in [5.41, 5.74) is 0. The van der Waals surface area contributed by atoms with E-state index in [4.69, 9.17) is 9.47 Å². The van der Waals surface area contributed by atoms with E-state index in [9.17, 15) is 18.0 Å². The van der Waals surface area contributed by atoms with Crippen LogP contribution in [0.15, 0.2) is 59.2 Å². The van der Waals surface area contributed by atoms with Gasteiger partial charge in [-0.3, -0.25) is 9.59 Å². The normalized spacial score (nSPS) is 22.9. The summed E-state index contributed by atoms with van der Waals surface area (Å²) in [7, 11) is -3.97. The van der Waals surface area contributed by atoms with Gasteiger partial charge in [0, 0.05) is 13.3 Å². The summed E-state index contributed by atoms with van der Waals surface area (Å²) in [6.45, 7) is 1.52. The van der Waals surface area contributed by atoms with Gasteiger partial charge in [-0.2, -0.15) is 0 Å². The van der Waals surface area contributed by atoms with Crippen molar-refractivity contribution in [2.75, 3.05) is 6.61 Å². The molecule has 0 saturated carbocycles. The van der Waals surface area contributed by atoms with Crippen LogP contribution in [0.5, 0.6) is 0 Å². The third kappa shape index (κ3) is 7.78. The van der Waals surface area contributed by atoms with E-state index in [0.29, 0.717) is 18.6 Å². The molecule has 2 rings (SSSR count). The number of esters is 2. The van der Waals surface area contributed by atoms with Gasteiger partial charge in [0.2, 0.25) is 0 Å². The van der Waals surface area contributed by atoms with E-state index in [2.05, 4.69) is 0 Å². The second-order valence-corrected chi connectivity index (χ2v) is 9.35. The van der Waals surface area contributed by atoms with Crippen molar-refractivity contribution in [3.8, 4) is 0 Å². The molecule has 0 aromatic heterocycles. The first-order chi connectivity index (χ1) is 14.4. The zero-order valence-electron chi connectivity index (χ0n) is 17.4. The maximum atomic E-state index is 13.0. The lowest BCUT2D eigenvalue weighted by Crippen LogP contribution is -2.30. The highest BCUT2D eigenvalue weighted by Crippen LogP contribution is 2.20. The first-order valence-corrected chi connectivity index (χ1v) is 12.0. The summed E-state index contributed by atoms with van der Waals surface area (Å²) in [4.78, 5) is 24.1. The van der Waals surface area contributed by atoms with Crippen LogP contribution in [-0.4, -0.2) is 32.2 Å². The molecular weight excluding hydrogens is 404 g/mol. The second-order valence-electron chi connectivity index (χ2n) is 7.28. The molecule has 164 valence electrons. The van der Waals surface area contributed by atoms with Gasteiger partial charge in [0.1, 0.15) is 5.76 Å². The topological polar surface area (TPSA) is 86.7 Å². The van der Waals surface area contributed by atoms with Gasteiger partial charge in [-0.05, 0) is 31.1 Å². The van der Waals surface area contributed by atoms with Crippen molar-refractivity contribution in [3.63, 3.8) is 0 Å². The molecule has 1 aliphatic rings. The molecule has 0 spiro atoms. The van der Waals surface area contributed by atoms with Crippen LogP contribution in [0.3, 0.4) is 0 Å². The molecular formula is C23H30O6S. The number of allylic oxidation sites excluding steroid dienone is 3. The van der Waals surface area contributed by atoms with Gasteiger partial charge >= 0.3 is 11.9 Å². The molecule has 1 atom stereocenters. The lowest BCUT2D eigenvalue weighted by molar-refractivity contribution is -0.142. The van der Waals surface area contributed by atoms with Gasteiger partial charge in [-0.15, -0.1) is 0 Å². The molecule has 0 radical (unpaired) electrons. The van der Waals surface area contributed by atoms with Crippen molar-refractivity contribution in [2.24, 2.45) is 0 Å². The highest BCUT2D eigenvalue weighted by atomic mass is 32.2. The zero-order valence-corrected chi connectivity index (χ0v) is 18.2. The van der Waals surface area contributed by atoms with Crippen molar-refractivity contribution in [3.05, 3.63) is 54.3 Å². The molecule has 0 N–H and O–H groups in total. The maximum Gasteiger partial charge on any atom is 0.328 e. The number of carbonyl (C=O) groups excluding carboxylic acids is 2. The Labute approximate surface area is 178 Å². The third-order valence-electron chi connectivity index (χ3n) is 4.79. The zero-order chi connectivity index (χ0) is 21.8. The number of benzene rings is 1. The van der Waals surface area contributed by atoms with E-state index in [1.54, 1.807) is 24.3 Å². The van der Waals surface area contributed by atoms with Crippen molar-refractivity contribution in [1.29, 1.82) is 0 Å². The van der Waals surface area contributed by atoms with Gasteiger partial charge in [-0.25, -0.2) is 8.42 Å². The molecule has 0 fully saturated rings. The molecule has 0 amide bonds. The maximum absolute atomic E-state index is 13.0. The Morgan fingerprint density at radius 1 is 1.00 bits per heavy atom. The van der Waals surface area contributed by atoms with Crippen molar-refractivity contribution in [1.82, 2.24) is 0 Å². The van der Waals surface area contributed by atoms with Gasteiger partial charge in [0.25, 0.3) is 0 Å². The summed E-state index contributed by atoms with van der Waals surface area (Å²) in [5, 5.41) is -1.47. The van der Waals surface area contributed by atoms with E-state index in [-0.39, 0.29) is 11.5 Å². The molecule has 7 heteroatoms. The van der Waals surface area contributed by atoms with Crippen LogP contribution >= 0.6 is 0 Å². The molecule has 1 aromatic carbocycles. The first-order valence-electron chi connectivity index (χ1n) is 10.4. The minimum atomic E-state index is -3.97. The number of cyclic esters (lactones) is 1. The Hall–Kier alpha value is -2.41. The number of hydrogen-bond donors (Lipinski definition) is 0. The minimum Gasteiger partial charge on any atom is -0.464 e. The van der Waals surface area contributed by atoms with E-state index in [0.717, 1.165) is 38.5 Å². The number of ether oxygens (including phenoxy) is 2. The molecule has 1 unspecified atom stereocenters. The van der Waals surface area contributed by atoms with Gasteiger partial charge in [0.05, 0.1) is 11.5 Å². The quantitative estimate of drug-likeness (QED) is 0.651. The predicted molar refractivity (Wildman–Crippen MR) is 114 cm³/mol. The number of hydrogen-bond acceptors (Lipinski definition) is 6. The van der Waals surface area contributed by atoms with Gasteiger partial charge in [0.15, 0.2) is 15.1 Å². The van der Waals surface area contributed by atoms with Crippen LogP contribution in [0.1, 0.15) is 58.3 Å². The molecule has 1 aromatic rings. The Balaban J connectivity index is 2.32. The highest BCUT2D eigenvalue weighted by Gasteiger charge is 2.33. The van der Waals surface area contributed by atoms with Crippen LogP contribution in [0.2, 0.25) is 0 Å². The van der Waals surface area contributed by atoms with Crippen LogP contribution in [-0.2, 0) is 28.9 Å². The predicted octanol–water partition coefficient (Wildman–Crippen LogP) is 4.51. The smallest absolute Gasteiger partial charge is 0.328 e. The average Bonchev–Trinajstić information content (AvgIpc) is 2.71. The van der Waals surface area contributed by atoms with E-state index < -0.39 is 27.0 Å². The molecule has 30 heavy (non-hydrogen) atoms. The van der Waals surface area contributed by atoms with E-state index >= 15 is 0 Å². The SMILES string of the molecule is CC(=O)O/C1=C/C=C\C(S(=O)(=O)c2ccccc2)C(=O)OCCCCCCCCC1. The summed E-state index contributed by atoms with van der Waals surface area (Å²) in [6, 6.07) is 7.83. The highest BCUT2D eigenvalue weighted by molar-refractivity contribution is 7.93. The van der Waals surface area contributed by atoms with Crippen molar-refractivity contribution in [2.45, 2.75) is 68.4 Å². The van der Waals surface area contributed by atoms with E-state index in [1.165, 1.54) is 31.2 Å². The van der Waals surface area contributed by atoms with Crippen LogP contribution in [0, 0.1) is 0 Å². The third-order valence-corrected chi connectivity index (χ3v) is 6.74. The first kappa shape index (κ1) is 23.9. The summed E-state index contributed by atoms with van der Waals surface area (Å²) in [6.07, 6.45) is 11.6. The van der Waals surface area contributed by atoms with Crippen molar-refractivity contribution >= 4 is 21.8 Å². The Morgan fingerprint density at radius 2 is 1.63 bits per heavy atom. The molecule has 6 nitrogen and oxygen atoms in total. The largest absolute Gasteiger partial charge is 0.464 e. The lowest BCUT2D eigenvalue weighted by Gasteiger charge is -2.14. The Bertz CT molecular complexity index is 855. The Kier molecular flexibility index (Phi) is 9.80. The standard InChI is InChI=1S/C23H30O6S/c1-19(24)29-20-13-8-5-3-2-4-6-11-18-28-23(25)22(17-12-14-20)30(26,27)21-15-9-7-10-16-21/h7,9-10,12,14-17,22H,2-6,8,11,13,18H2,1H3/b17-12-,20-14+. The average molecular weight is 435 g/mol. The molecule has 0 saturated heterocycles. The molecule has 0 bridgehead atoms. The Morgan fingerprint density at radius 3 is 2.30 bits per heavy atom. The van der Waals surface area contributed by atoms with E-state index in [1.807, 2.05) is 0 Å². The second kappa shape index (κ2) is 12.3. The number of sulfone groups is 1. The van der Waals surface area contributed by atoms with Crippen LogP contribution in [0.4, 0.5) is 0 Å². The van der Waals surface area contributed by atoms with Gasteiger partial charge in [-0.1, -0.05) is 62.5 Å². The van der Waals surface area contributed by atoms with Gasteiger partial charge < -0.3 is 9.47 Å². The fourth-order valence-corrected chi connectivity index (χ4v) is 4.67. The minimum absolute atomic E-state index is 0.0511. The summed E-state index contributed by atoms with van der Waals surface area (Å²) >= 11 is 0. The fourth-order valence-electron chi connectivity index (χ4n) is 3.22. The number of rotatable bonds is 3. The monoisotopic (exact) mass is 434 g/mol. The fraction of sp³-hybridized carbons (Fsp3) is 0.478. The number of carbonyl (C=O) groups is 2. The molecule has 0 aliphatic carbocycles. The van der Waals surface area contributed by atoms with Crippen LogP contribution in [0.25, 0.3) is 0 Å². The molecule has 1 aliphatic heterocycles. The molecule has 1 heterocycles.